The van der Waals surface area contributed by atoms with E-state index in [4.69, 9.17) is 9.47 Å². The first kappa shape index (κ1) is 15.6. The Morgan fingerprint density at radius 2 is 1.82 bits per heavy atom. The molecule has 0 aliphatic heterocycles. The van der Waals surface area contributed by atoms with E-state index in [1.807, 2.05) is 30.3 Å². The minimum Gasteiger partial charge on any atom is -0.497 e. The van der Waals surface area contributed by atoms with Gasteiger partial charge in [-0.15, -0.1) is 0 Å². The van der Waals surface area contributed by atoms with E-state index in [-0.39, 0.29) is 5.91 Å². The lowest BCUT2D eigenvalue weighted by Crippen LogP contribution is -2.04. The molecule has 0 saturated heterocycles. The van der Waals surface area contributed by atoms with Crippen molar-refractivity contribution in [2.45, 2.75) is 6.92 Å². The van der Waals surface area contributed by atoms with Crippen LogP contribution in [-0.4, -0.2) is 26.3 Å². The Morgan fingerprint density at radius 1 is 1.09 bits per heavy atom. The van der Waals surface area contributed by atoms with Gasteiger partial charge in [0.1, 0.15) is 11.5 Å². The number of benzene rings is 2. The Morgan fingerprint density at radius 3 is 2.41 bits per heavy atom. The van der Waals surface area contributed by atoms with Crippen LogP contribution in [0.2, 0.25) is 0 Å². The molecule has 2 aromatic rings. The molecular formula is C17H18N2O3. The van der Waals surface area contributed by atoms with Gasteiger partial charge in [-0.2, -0.15) is 0 Å². The fraction of sp³-hybridized carbons (Fsp3) is 0.176. The second-order valence-corrected chi connectivity index (χ2v) is 4.59. The molecule has 0 aliphatic carbocycles. The van der Waals surface area contributed by atoms with Crippen molar-refractivity contribution in [1.29, 1.82) is 0 Å². The maximum Gasteiger partial charge on any atom is 0.221 e. The lowest BCUT2D eigenvalue weighted by atomic mass is 10.2. The summed E-state index contributed by atoms with van der Waals surface area (Å²) in [5.74, 6) is 1.36. The van der Waals surface area contributed by atoms with Gasteiger partial charge in [0.25, 0.3) is 0 Å². The molecule has 0 aliphatic rings. The van der Waals surface area contributed by atoms with Gasteiger partial charge in [0.2, 0.25) is 5.91 Å². The summed E-state index contributed by atoms with van der Waals surface area (Å²) in [6, 6.07) is 12.8. The van der Waals surface area contributed by atoms with Gasteiger partial charge in [-0.3, -0.25) is 9.79 Å². The fourth-order valence-corrected chi connectivity index (χ4v) is 1.92. The van der Waals surface area contributed by atoms with Gasteiger partial charge in [-0.05, 0) is 42.5 Å². The minimum atomic E-state index is -0.0997. The summed E-state index contributed by atoms with van der Waals surface area (Å²) in [4.78, 5) is 15.4. The molecule has 0 radical (unpaired) electrons. The van der Waals surface area contributed by atoms with Crippen LogP contribution in [0.4, 0.5) is 11.4 Å². The van der Waals surface area contributed by atoms with Gasteiger partial charge < -0.3 is 14.8 Å². The molecular weight excluding hydrogens is 280 g/mol. The monoisotopic (exact) mass is 298 g/mol. The maximum absolute atomic E-state index is 11.0. The van der Waals surface area contributed by atoms with E-state index < -0.39 is 0 Å². The van der Waals surface area contributed by atoms with Crippen LogP contribution in [0, 0.1) is 0 Å². The first-order chi connectivity index (χ1) is 10.6. The Hall–Kier alpha value is -2.82. The zero-order valence-corrected chi connectivity index (χ0v) is 12.8. The van der Waals surface area contributed by atoms with Crippen LogP contribution in [0.25, 0.3) is 0 Å². The number of amides is 1. The number of methoxy groups -OCH3 is 2. The molecule has 0 spiro atoms. The number of carbonyl (C=O) groups excluding carboxylic acids is 1. The van der Waals surface area contributed by atoms with Crippen molar-refractivity contribution >= 4 is 23.5 Å². The summed E-state index contributed by atoms with van der Waals surface area (Å²) in [5, 5.41) is 2.71. The molecule has 114 valence electrons. The van der Waals surface area contributed by atoms with Crippen LogP contribution < -0.4 is 14.8 Å². The third-order valence-electron chi connectivity index (χ3n) is 2.98. The van der Waals surface area contributed by atoms with Gasteiger partial charge in [-0.25, -0.2) is 0 Å². The van der Waals surface area contributed by atoms with Crippen LogP contribution in [0.5, 0.6) is 11.5 Å². The first-order valence-electron chi connectivity index (χ1n) is 6.76. The summed E-state index contributed by atoms with van der Waals surface area (Å²) in [5.41, 5.74) is 2.34. The van der Waals surface area contributed by atoms with E-state index in [1.165, 1.54) is 6.92 Å². The molecule has 2 rings (SSSR count). The Labute approximate surface area is 129 Å². The SMILES string of the molecule is COc1ccc(OC)c(C=Nc2ccc(NC(C)=O)cc2)c1. The van der Waals surface area contributed by atoms with Crippen LogP contribution in [0.3, 0.4) is 0 Å². The zero-order chi connectivity index (χ0) is 15.9. The molecule has 1 amide bonds. The first-order valence-corrected chi connectivity index (χ1v) is 6.76. The second kappa shape index (κ2) is 7.26. The Balaban J connectivity index is 2.19. The molecule has 0 saturated carbocycles. The summed E-state index contributed by atoms with van der Waals surface area (Å²) >= 11 is 0. The van der Waals surface area contributed by atoms with Crippen LogP contribution >= 0.6 is 0 Å². The molecule has 0 aromatic heterocycles. The van der Waals surface area contributed by atoms with Gasteiger partial charge in [0.15, 0.2) is 0 Å². The lowest BCUT2D eigenvalue weighted by Gasteiger charge is -2.06. The average Bonchev–Trinajstić information content (AvgIpc) is 2.53. The number of nitrogens with one attached hydrogen (secondary N) is 1. The number of anilines is 1. The van der Waals surface area contributed by atoms with Crippen molar-refractivity contribution < 1.29 is 14.3 Å². The third-order valence-corrected chi connectivity index (χ3v) is 2.98. The number of carbonyl (C=O) groups is 1. The second-order valence-electron chi connectivity index (χ2n) is 4.59. The highest BCUT2D eigenvalue weighted by Crippen LogP contribution is 2.23. The topological polar surface area (TPSA) is 59.9 Å². The molecule has 0 atom stereocenters. The molecule has 0 heterocycles. The van der Waals surface area contributed by atoms with E-state index in [2.05, 4.69) is 10.3 Å². The summed E-state index contributed by atoms with van der Waals surface area (Å²) in [7, 11) is 3.23. The fourth-order valence-electron chi connectivity index (χ4n) is 1.92. The number of hydrogen-bond acceptors (Lipinski definition) is 4. The largest absolute Gasteiger partial charge is 0.497 e. The van der Waals surface area contributed by atoms with Gasteiger partial charge in [0, 0.05) is 24.4 Å². The highest BCUT2D eigenvalue weighted by atomic mass is 16.5. The molecule has 5 nitrogen and oxygen atoms in total. The van der Waals surface area contributed by atoms with Crippen molar-refractivity contribution in [3.8, 4) is 11.5 Å². The van der Waals surface area contributed by atoms with E-state index in [0.717, 1.165) is 28.4 Å². The average molecular weight is 298 g/mol. The zero-order valence-electron chi connectivity index (χ0n) is 12.8. The number of hydrogen-bond donors (Lipinski definition) is 1. The van der Waals surface area contributed by atoms with E-state index in [0.29, 0.717) is 0 Å². The smallest absolute Gasteiger partial charge is 0.221 e. The molecule has 0 bridgehead atoms. The molecule has 5 heteroatoms. The van der Waals surface area contributed by atoms with Gasteiger partial charge in [0.05, 0.1) is 19.9 Å². The van der Waals surface area contributed by atoms with Gasteiger partial charge >= 0.3 is 0 Å². The minimum absolute atomic E-state index is 0.0997. The lowest BCUT2D eigenvalue weighted by molar-refractivity contribution is -0.114. The summed E-state index contributed by atoms with van der Waals surface area (Å²) in [6.45, 7) is 1.47. The van der Waals surface area contributed by atoms with Crippen molar-refractivity contribution in [2.24, 2.45) is 4.99 Å². The van der Waals surface area contributed by atoms with Crippen LogP contribution in [0.1, 0.15) is 12.5 Å². The third kappa shape index (κ3) is 4.09. The summed E-state index contributed by atoms with van der Waals surface area (Å²) < 4.78 is 10.5. The van der Waals surface area contributed by atoms with Crippen molar-refractivity contribution in [3.63, 3.8) is 0 Å². The number of rotatable bonds is 5. The van der Waals surface area contributed by atoms with Crippen LogP contribution in [-0.2, 0) is 4.79 Å². The summed E-state index contributed by atoms with van der Waals surface area (Å²) in [6.07, 6.45) is 1.72. The molecule has 0 unspecified atom stereocenters. The normalized spacial score (nSPS) is 10.5. The van der Waals surface area contributed by atoms with E-state index in [9.17, 15) is 4.79 Å². The van der Waals surface area contributed by atoms with E-state index >= 15 is 0 Å². The molecule has 22 heavy (non-hydrogen) atoms. The number of nitrogens with zero attached hydrogens (tertiary/aromatic N) is 1. The molecule has 0 fully saturated rings. The molecule has 2 aromatic carbocycles. The number of aliphatic imine (C=N–C) groups is 1. The highest BCUT2D eigenvalue weighted by molar-refractivity contribution is 5.89. The standard InChI is InChI=1S/C17H18N2O3/c1-12(20)19-15-6-4-14(5-7-15)18-11-13-10-16(21-2)8-9-17(13)22-3/h4-11H,1-3H3,(H,19,20). The van der Waals surface area contributed by atoms with Crippen molar-refractivity contribution in [1.82, 2.24) is 0 Å². The quantitative estimate of drug-likeness (QED) is 0.860. The maximum atomic E-state index is 11.0. The van der Waals surface area contributed by atoms with E-state index in [1.54, 1.807) is 32.6 Å². The Bertz CT molecular complexity index is 679. The van der Waals surface area contributed by atoms with Gasteiger partial charge in [-0.1, -0.05) is 0 Å². The van der Waals surface area contributed by atoms with Crippen molar-refractivity contribution in [2.75, 3.05) is 19.5 Å². The Kier molecular flexibility index (Phi) is 5.14. The van der Waals surface area contributed by atoms with Crippen molar-refractivity contribution in [3.05, 3.63) is 48.0 Å². The highest BCUT2D eigenvalue weighted by Gasteiger charge is 2.02. The molecule has 1 N–H and O–H groups in total. The predicted molar refractivity (Wildman–Crippen MR) is 87.5 cm³/mol. The van der Waals surface area contributed by atoms with Crippen LogP contribution in [0.15, 0.2) is 47.5 Å². The predicted octanol–water partition coefficient (Wildman–Crippen LogP) is 3.41. The number of ether oxygens (including phenoxy) is 2.